The van der Waals surface area contributed by atoms with Crippen molar-refractivity contribution in [3.8, 4) is 0 Å². The van der Waals surface area contributed by atoms with Crippen LogP contribution in [0.2, 0.25) is 0 Å². The molecular weight excluding hydrogens is 1030 g/mol. The second kappa shape index (κ2) is 26.9. The van der Waals surface area contributed by atoms with Crippen LogP contribution in [-0.2, 0) is 47.4 Å². The normalized spacial score (nSPS) is 22.3. The highest BCUT2D eigenvalue weighted by Crippen LogP contribution is 2.36. The number of carbonyl (C=O) groups excluding carboxylic acids is 7. The van der Waals surface area contributed by atoms with Crippen molar-refractivity contribution < 1.29 is 80.9 Å². The Morgan fingerprint density at radius 2 is 0.550 bits per heavy atom. The van der Waals surface area contributed by atoms with Gasteiger partial charge in [0.15, 0.2) is 42.9 Å². The molecule has 2 aliphatic heterocycles. The van der Waals surface area contributed by atoms with Gasteiger partial charge < -0.3 is 47.4 Å². The van der Waals surface area contributed by atoms with Gasteiger partial charge in [-0.2, -0.15) is 0 Å². The molecule has 0 aliphatic carbocycles. The Balaban J connectivity index is 1.13. The summed E-state index contributed by atoms with van der Waals surface area (Å²) in [5.74, 6) is -6.12. The van der Waals surface area contributed by atoms with E-state index in [1.54, 1.807) is 146 Å². The van der Waals surface area contributed by atoms with E-state index < -0.39 is 116 Å². The molecule has 408 valence electrons. The van der Waals surface area contributed by atoms with Gasteiger partial charge in [0.05, 0.1) is 51.7 Å². The predicted molar refractivity (Wildman–Crippen MR) is 284 cm³/mol. The SMILES string of the molecule is CCC1O[C@H](CO[C@@H]2O[C@H](COC(=O)c3ccccc3)[C@@H](OC(=O)c3ccccc3)[C@H](OC(=O)c3ccccc3)[C@H]2OC(=O)c2ccccc2)[C@@H](OC(=O)c2ccccc2)[C@H](OC(=O)c2ccccc2)[C@H]1OC(=O)c1ccccc1. The van der Waals surface area contributed by atoms with Crippen molar-refractivity contribution in [3.63, 3.8) is 0 Å². The van der Waals surface area contributed by atoms with Gasteiger partial charge in [-0.3, -0.25) is 0 Å². The number of ether oxygens (including phenoxy) is 10. The third kappa shape index (κ3) is 13.9. The van der Waals surface area contributed by atoms with E-state index in [1.807, 2.05) is 0 Å². The third-order valence-electron chi connectivity index (χ3n) is 13.1. The molecule has 0 N–H and O–H groups in total. The average Bonchev–Trinajstić information content (AvgIpc) is 3.71. The van der Waals surface area contributed by atoms with Gasteiger partial charge >= 0.3 is 41.8 Å². The Kier molecular flexibility index (Phi) is 18.6. The zero-order valence-corrected chi connectivity index (χ0v) is 43.0. The molecule has 0 spiro atoms. The van der Waals surface area contributed by atoms with Gasteiger partial charge in [-0.25, -0.2) is 33.6 Å². The minimum absolute atomic E-state index is 0.0598. The first-order valence-corrected chi connectivity index (χ1v) is 25.8. The summed E-state index contributed by atoms with van der Waals surface area (Å²) in [6, 6.07) is 55.7. The molecule has 2 heterocycles. The van der Waals surface area contributed by atoms with Gasteiger partial charge in [-0.15, -0.1) is 0 Å². The fraction of sp³-hybridized carbons (Fsp3) is 0.222. The summed E-state index contributed by atoms with van der Waals surface area (Å²) < 4.78 is 63.2. The van der Waals surface area contributed by atoms with Gasteiger partial charge in [0.25, 0.3) is 0 Å². The Morgan fingerprint density at radius 1 is 0.300 bits per heavy atom. The van der Waals surface area contributed by atoms with Crippen molar-refractivity contribution in [2.24, 2.45) is 0 Å². The monoisotopic (exact) mass is 1080 g/mol. The quantitative estimate of drug-likeness (QED) is 0.0546. The second-order valence-corrected chi connectivity index (χ2v) is 18.4. The fourth-order valence-electron chi connectivity index (χ4n) is 9.02. The van der Waals surface area contributed by atoms with Crippen molar-refractivity contribution in [3.05, 3.63) is 251 Å². The highest BCUT2D eigenvalue weighted by Gasteiger charge is 2.56. The van der Waals surface area contributed by atoms with Crippen molar-refractivity contribution >= 4 is 41.8 Å². The van der Waals surface area contributed by atoms with Crippen molar-refractivity contribution in [1.29, 1.82) is 0 Å². The molecule has 0 saturated carbocycles. The standard InChI is InChI=1S/C63H54O17/c1-2-47-50(75-57(65)41-26-12-4-13-27-41)53(78-60(68)44-32-18-7-19-33-44)51(76-58(66)42-28-14-5-15-29-42)48(73-47)39-72-63-55(80-62(70)46-36-22-9-23-37-46)54(79-61(69)45-34-20-8-21-35-45)52(77-59(67)43-30-16-6-17-31-43)49(74-63)38-71-56(64)40-24-10-3-11-25-40/h3-37,47-55,63H,2,38-39H2,1H3/t47?,48-,49-,50+,51-,52-,53-,54+,55-,63-/m1/s1. The van der Waals surface area contributed by atoms with Gasteiger partial charge in [0, 0.05) is 0 Å². The Bertz CT molecular complexity index is 3190. The molecule has 0 aromatic heterocycles. The summed E-state index contributed by atoms with van der Waals surface area (Å²) >= 11 is 0. The van der Waals surface area contributed by atoms with Gasteiger partial charge in [-0.1, -0.05) is 134 Å². The van der Waals surface area contributed by atoms with Crippen LogP contribution in [0.15, 0.2) is 212 Å². The maximum atomic E-state index is 14.3. The number of rotatable bonds is 19. The lowest BCUT2D eigenvalue weighted by atomic mass is 9.92. The average molecular weight is 1080 g/mol. The minimum atomic E-state index is -1.82. The van der Waals surface area contributed by atoms with Crippen LogP contribution in [0.1, 0.15) is 85.9 Å². The van der Waals surface area contributed by atoms with Crippen LogP contribution < -0.4 is 0 Å². The molecule has 7 aromatic carbocycles. The van der Waals surface area contributed by atoms with E-state index >= 15 is 0 Å². The van der Waals surface area contributed by atoms with E-state index in [0.717, 1.165) is 0 Å². The molecule has 80 heavy (non-hydrogen) atoms. The van der Waals surface area contributed by atoms with E-state index in [4.69, 9.17) is 47.4 Å². The van der Waals surface area contributed by atoms with Crippen LogP contribution in [0, 0.1) is 0 Å². The Labute approximate surface area is 460 Å². The molecule has 2 aliphatic rings. The van der Waals surface area contributed by atoms with E-state index in [1.165, 1.54) is 72.8 Å². The molecule has 17 nitrogen and oxygen atoms in total. The maximum absolute atomic E-state index is 14.3. The number of benzene rings is 7. The Morgan fingerprint density at radius 3 is 0.863 bits per heavy atom. The largest absolute Gasteiger partial charge is 0.459 e. The molecule has 10 atom stereocenters. The summed E-state index contributed by atoms with van der Waals surface area (Å²) in [5, 5.41) is 0. The van der Waals surface area contributed by atoms with Crippen molar-refractivity contribution in [2.45, 2.75) is 74.6 Å². The molecule has 2 fully saturated rings. The summed E-state index contributed by atoms with van der Waals surface area (Å²) in [7, 11) is 0. The molecule has 0 radical (unpaired) electrons. The lowest BCUT2D eigenvalue weighted by Gasteiger charge is -2.46. The zero-order valence-electron chi connectivity index (χ0n) is 43.0. The van der Waals surface area contributed by atoms with Gasteiger partial charge in [0.2, 0.25) is 0 Å². The summed E-state index contributed by atoms with van der Waals surface area (Å²) in [6.45, 7) is 0.447. The summed E-state index contributed by atoms with van der Waals surface area (Å²) in [4.78, 5) is 98.8. The molecule has 2 saturated heterocycles. The summed E-state index contributed by atoms with van der Waals surface area (Å²) in [5.41, 5.74) is 0.773. The molecule has 9 rings (SSSR count). The molecule has 1 unspecified atom stereocenters. The maximum Gasteiger partial charge on any atom is 0.338 e. The van der Waals surface area contributed by atoms with E-state index in [2.05, 4.69) is 0 Å². The van der Waals surface area contributed by atoms with Crippen molar-refractivity contribution in [2.75, 3.05) is 13.2 Å². The second-order valence-electron chi connectivity index (χ2n) is 18.4. The molecular formula is C63H54O17. The lowest BCUT2D eigenvalue weighted by Crippen LogP contribution is -2.65. The number of hydrogen-bond donors (Lipinski definition) is 0. The predicted octanol–water partition coefficient (Wildman–Crippen LogP) is 9.12. The van der Waals surface area contributed by atoms with Crippen molar-refractivity contribution in [1.82, 2.24) is 0 Å². The van der Waals surface area contributed by atoms with Crippen LogP contribution >= 0.6 is 0 Å². The first-order valence-electron chi connectivity index (χ1n) is 25.8. The Hall–Kier alpha value is -9.29. The molecule has 17 heteroatoms. The molecule has 0 bridgehead atoms. The van der Waals surface area contributed by atoms with E-state index in [9.17, 15) is 33.6 Å². The van der Waals surface area contributed by atoms with Crippen LogP contribution in [0.4, 0.5) is 0 Å². The van der Waals surface area contributed by atoms with E-state index in [0.29, 0.717) is 0 Å². The highest BCUT2D eigenvalue weighted by molar-refractivity contribution is 5.93. The zero-order chi connectivity index (χ0) is 55.8. The topological polar surface area (TPSA) is 212 Å². The first-order chi connectivity index (χ1) is 39.0. The van der Waals surface area contributed by atoms with E-state index in [-0.39, 0.29) is 45.4 Å². The van der Waals surface area contributed by atoms with Crippen LogP contribution in [0.3, 0.4) is 0 Å². The van der Waals surface area contributed by atoms with Crippen LogP contribution in [0.5, 0.6) is 0 Å². The van der Waals surface area contributed by atoms with Crippen LogP contribution in [0.25, 0.3) is 0 Å². The lowest BCUT2D eigenvalue weighted by molar-refractivity contribution is -0.311. The van der Waals surface area contributed by atoms with Crippen LogP contribution in [-0.4, -0.2) is 116 Å². The smallest absolute Gasteiger partial charge is 0.338 e. The molecule has 0 amide bonds. The minimum Gasteiger partial charge on any atom is -0.459 e. The van der Waals surface area contributed by atoms with Gasteiger partial charge in [0.1, 0.15) is 18.8 Å². The first kappa shape index (κ1) is 55.5. The summed E-state index contributed by atoms with van der Waals surface area (Å²) in [6.07, 6.45) is -15.6. The van der Waals surface area contributed by atoms with Gasteiger partial charge in [-0.05, 0) is 91.3 Å². The number of hydrogen-bond acceptors (Lipinski definition) is 17. The number of carbonyl (C=O) groups is 7. The fourth-order valence-corrected chi connectivity index (χ4v) is 9.02. The highest BCUT2D eigenvalue weighted by atomic mass is 16.7. The third-order valence-corrected chi connectivity index (χ3v) is 13.1. The molecule has 7 aromatic rings. The number of esters is 7.